The number of rotatable bonds is 20. The molecule has 0 aliphatic heterocycles. The molecular formula is C23H44O5. The fraction of sp³-hybridized carbons (Fsp3) is 0.913. The molecule has 0 spiro atoms. The van der Waals surface area contributed by atoms with Crippen LogP contribution in [0, 0.1) is 5.92 Å². The van der Waals surface area contributed by atoms with Crippen molar-refractivity contribution in [1.29, 1.82) is 0 Å². The molecule has 0 aromatic carbocycles. The summed E-state index contributed by atoms with van der Waals surface area (Å²) in [5.41, 5.74) is 0. The molecule has 2 atom stereocenters. The molecule has 166 valence electrons. The van der Waals surface area contributed by atoms with E-state index in [1.807, 2.05) is 0 Å². The highest BCUT2D eigenvalue weighted by molar-refractivity contribution is 5.70. The zero-order valence-electron chi connectivity index (χ0n) is 18.3. The van der Waals surface area contributed by atoms with Crippen LogP contribution in [-0.2, 0) is 14.3 Å². The van der Waals surface area contributed by atoms with Crippen molar-refractivity contribution in [2.24, 2.45) is 5.92 Å². The van der Waals surface area contributed by atoms with Gasteiger partial charge >= 0.3 is 11.9 Å². The number of hydrogen-bond donors (Lipinski definition) is 2. The Balaban J connectivity index is 3.81. The second-order valence-electron chi connectivity index (χ2n) is 8.04. The zero-order chi connectivity index (χ0) is 21.0. The highest BCUT2D eigenvalue weighted by atomic mass is 16.5. The molecule has 2 unspecified atom stereocenters. The van der Waals surface area contributed by atoms with Crippen molar-refractivity contribution in [3.05, 3.63) is 0 Å². The molecule has 0 saturated carbocycles. The Morgan fingerprint density at radius 1 is 0.786 bits per heavy atom. The van der Waals surface area contributed by atoms with E-state index in [1.165, 1.54) is 44.9 Å². The van der Waals surface area contributed by atoms with Gasteiger partial charge in [-0.05, 0) is 19.3 Å². The Bertz CT molecular complexity index is 383. The average Bonchev–Trinajstić information content (AvgIpc) is 2.67. The number of carbonyl (C=O) groups is 2. The highest BCUT2D eigenvalue weighted by Gasteiger charge is 2.22. The second-order valence-corrected chi connectivity index (χ2v) is 8.04. The van der Waals surface area contributed by atoms with E-state index in [4.69, 9.17) is 4.74 Å². The van der Waals surface area contributed by atoms with Crippen LogP contribution >= 0.6 is 0 Å². The predicted octanol–water partition coefficient (Wildman–Crippen LogP) is 5.87. The smallest absolute Gasteiger partial charge is 0.306 e. The van der Waals surface area contributed by atoms with Crippen molar-refractivity contribution in [3.8, 4) is 0 Å². The Kier molecular flexibility index (Phi) is 18.5. The lowest BCUT2D eigenvalue weighted by Gasteiger charge is -2.17. The summed E-state index contributed by atoms with van der Waals surface area (Å²) in [6.45, 7) is 4.26. The van der Waals surface area contributed by atoms with E-state index in [0.29, 0.717) is 12.8 Å². The van der Waals surface area contributed by atoms with Crippen LogP contribution in [0.5, 0.6) is 0 Å². The molecule has 5 nitrogen and oxygen atoms in total. The van der Waals surface area contributed by atoms with Crippen LogP contribution in [0.4, 0.5) is 0 Å². The number of aliphatic hydroxyl groups is 1. The van der Waals surface area contributed by atoms with E-state index in [0.717, 1.165) is 38.5 Å². The molecule has 0 fully saturated rings. The van der Waals surface area contributed by atoms with E-state index in [9.17, 15) is 19.8 Å². The third-order valence-corrected chi connectivity index (χ3v) is 5.23. The van der Waals surface area contributed by atoms with Crippen LogP contribution in [0.2, 0.25) is 0 Å². The van der Waals surface area contributed by atoms with Crippen molar-refractivity contribution in [3.63, 3.8) is 0 Å². The minimum Gasteiger partial charge on any atom is -0.481 e. The molecular weight excluding hydrogens is 356 g/mol. The van der Waals surface area contributed by atoms with Gasteiger partial charge in [0.2, 0.25) is 0 Å². The van der Waals surface area contributed by atoms with Gasteiger partial charge in [-0.2, -0.15) is 0 Å². The summed E-state index contributed by atoms with van der Waals surface area (Å²) in [7, 11) is 0. The average molecular weight is 401 g/mol. The number of unbranched alkanes of at least 4 members (excludes halogenated alkanes) is 11. The van der Waals surface area contributed by atoms with Crippen LogP contribution in [0.3, 0.4) is 0 Å². The standard InChI is InChI=1S/C23H44O5/c1-3-5-7-9-11-13-15-17-22(25)28-19-21(24)18-20(23(26)27)16-14-12-10-8-6-4-2/h20-21,24H,3-19H2,1-2H3,(H,26,27). The quantitative estimate of drug-likeness (QED) is 0.197. The maximum atomic E-state index is 11.7. The minimum atomic E-state index is -0.904. The van der Waals surface area contributed by atoms with Gasteiger partial charge in [0.25, 0.3) is 0 Å². The van der Waals surface area contributed by atoms with E-state index in [-0.39, 0.29) is 19.0 Å². The van der Waals surface area contributed by atoms with Gasteiger partial charge in [-0.3, -0.25) is 9.59 Å². The number of ether oxygens (including phenoxy) is 1. The van der Waals surface area contributed by atoms with Gasteiger partial charge in [-0.25, -0.2) is 0 Å². The summed E-state index contributed by atoms with van der Waals surface area (Å²) >= 11 is 0. The Hall–Kier alpha value is -1.10. The third-order valence-electron chi connectivity index (χ3n) is 5.23. The number of carbonyl (C=O) groups excluding carboxylic acids is 1. The van der Waals surface area contributed by atoms with Crippen LogP contribution in [-0.4, -0.2) is 34.9 Å². The number of aliphatic hydroxyl groups excluding tert-OH is 1. The molecule has 0 rings (SSSR count). The lowest BCUT2D eigenvalue weighted by molar-refractivity contribution is -0.148. The van der Waals surface area contributed by atoms with E-state index >= 15 is 0 Å². The summed E-state index contributed by atoms with van der Waals surface area (Å²) in [6, 6.07) is 0. The monoisotopic (exact) mass is 400 g/mol. The van der Waals surface area contributed by atoms with Crippen LogP contribution in [0.25, 0.3) is 0 Å². The van der Waals surface area contributed by atoms with Gasteiger partial charge in [0.05, 0.1) is 12.0 Å². The molecule has 0 radical (unpaired) electrons. The fourth-order valence-corrected chi connectivity index (χ4v) is 3.40. The summed E-state index contributed by atoms with van der Waals surface area (Å²) in [5, 5.41) is 19.4. The number of carboxylic acid groups (broad SMARTS) is 1. The molecule has 0 aromatic heterocycles. The summed E-state index contributed by atoms with van der Waals surface area (Å²) in [5.74, 6) is -1.74. The molecule has 0 aliphatic carbocycles. The van der Waals surface area contributed by atoms with Gasteiger partial charge in [-0.15, -0.1) is 0 Å². The highest BCUT2D eigenvalue weighted by Crippen LogP contribution is 2.18. The molecule has 0 aromatic rings. The van der Waals surface area contributed by atoms with Crippen molar-refractivity contribution < 1.29 is 24.5 Å². The minimum absolute atomic E-state index is 0.102. The topological polar surface area (TPSA) is 83.8 Å². The van der Waals surface area contributed by atoms with E-state index in [2.05, 4.69) is 13.8 Å². The van der Waals surface area contributed by atoms with Gasteiger partial charge in [0.1, 0.15) is 6.61 Å². The lowest BCUT2D eigenvalue weighted by atomic mass is 9.95. The van der Waals surface area contributed by atoms with E-state index < -0.39 is 18.0 Å². The molecule has 0 bridgehead atoms. The first-order chi connectivity index (χ1) is 13.5. The van der Waals surface area contributed by atoms with Gasteiger partial charge in [-0.1, -0.05) is 90.9 Å². The first kappa shape index (κ1) is 26.9. The maximum Gasteiger partial charge on any atom is 0.306 e. The maximum absolute atomic E-state index is 11.7. The number of aliphatic carboxylic acids is 1. The summed E-state index contributed by atoms with van der Waals surface area (Å²) < 4.78 is 5.12. The molecule has 0 amide bonds. The van der Waals surface area contributed by atoms with Crippen molar-refractivity contribution in [1.82, 2.24) is 0 Å². The largest absolute Gasteiger partial charge is 0.481 e. The predicted molar refractivity (Wildman–Crippen MR) is 113 cm³/mol. The number of carboxylic acids is 1. The SMILES string of the molecule is CCCCCCCCCC(=O)OCC(O)CC(CCCCCCCC)C(=O)O. The van der Waals surface area contributed by atoms with Crippen molar-refractivity contribution >= 4 is 11.9 Å². The first-order valence-electron chi connectivity index (χ1n) is 11.6. The summed E-state index contributed by atoms with van der Waals surface area (Å²) in [6.07, 6.45) is 14.8. The van der Waals surface area contributed by atoms with Crippen LogP contribution in [0.15, 0.2) is 0 Å². The normalized spacial score (nSPS) is 13.2. The lowest BCUT2D eigenvalue weighted by Crippen LogP contribution is -2.25. The van der Waals surface area contributed by atoms with Crippen LogP contribution in [0.1, 0.15) is 117 Å². The van der Waals surface area contributed by atoms with Crippen molar-refractivity contribution in [2.75, 3.05) is 6.61 Å². The van der Waals surface area contributed by atoms with E-state index in [1.54, 1.807) is 0 Å². The molecule has 2 N–H and O–H groups in total. The molecule has 28 heavy (non-hydrogen) atoms. The zero-order valence-corrected chi connectivity index (χ0v) is 18.3. The fourth-order valence-electron chi connectivity index (χ4n) is 3.40. The summed E-state index contributed by atoms with van der Waals surface area (Å²) in [4.78, 5) is 23.1. The third kappa shape index (κ3) is 17.0. The van der Waals surface area contributed by atoms with Gasteiger partial charge < -0.3 is 14.9 Å². The Morgan fingerprint density at radius 3 is 1.82 bits per heavy atom. The van der Waals surface area contributed by atoms with Gasteiger partial charge in [0, 0.05) is 6.42 Å². The number of esters is 1. The Morgan fingerprint density at radius 2 is 1.29 bits per heavy atom. The van der Waals surface area contributed by atoms with Crippen molar-refractivity contribution in [2.45, 2.75) is 123 Å². The molecule has 0 heterocycles. The molecule has 0 saturated heterocycles. The van der Waals surface area contributed by atoms with Gasteiger partial charge in [0.15, 0.2) is 0 Å². The first-order valence-corrected chi connectivity index (χ1v) is 11.6. The van der Waals surface area contributed by atoms with Crippen LogP contribution < -0.4 is 0 Å². The molecule has 5 heteroatoms. The Labute approximate surface area is 172 Å². The molecule has 0 aliphatic rings. The number of hydrogen-bond acceptors (Lipinski definition) is 4. The second kappa shape index (κ2) is 19.2.